The number of benzene rings is 1. The number of hydrogen-bond donors (Lipinski definition) is 0. The van der Waals surface area contributed by atoms with Crippen LogP contribution in [0.3, 0.4) is 0 Å². The van der Waals surface area contributed by atoms with Crippen LogP contribution in [0.15, 0.2) is 24.3 Å². The molecule has 2 rings (SSSR count). The maximum atomic E-state index is 11.8. The summed E-state index contributed by atoms with van der Waals surface area (Å²) in [6.45, 7) is 0.734. The molecule has 0 atom stereocenters. The number of carbonyl (C=O) groups is 2. The minimum Gasteiger partial charge on any atom is -0.447 e. The van der Waals surface area contributed by atoms with Crippen molar-refractivity contribution >= 4 is 34.6 Å². The van der Waals surface area contributed by atoms with Gasteiger partial charge in [0.1, 0.15) is 6.61 Å². The predicted molar refractivity (Wildman–Crippen MR) is 84.4 cm³/mol. The van der Waals surface area contributed by atoms with Crippen LogP contribution >= 0.6 is 22.6 Å². The Kier molecular flexibility index (Phi) is 5.82. The van der Waals surface area contributed by atoms with Crippen LogP contribution in [0.5, 0.6) is 0 Å². The van der Waals surface area contributed by atoms with E-state index in [1.54, 1.807) is 0 Å². The lowest BCUT2D eigenvalue weighted by atomic mass is 10.1. The van der Waals surface area contributed by atoms with Crippen molar-refractivity contribution in [3.8, 4) is 0 Å². The first kappa shape index (κ1) is 15.3. The van der Waals surface area contributed by atoms with Crippen molar-refractivity contribution in [2.75, 3.05) is 13.2 Å². The summed E-state index contributed by atoms with van der Waals surface area (Å²) in [5, 5.41) is 0. The lowest BCUT2D eigenvalue weighted by molar-refractivity contribution is -0.127. The second kappa shape index (κ2) is 7.61. The highest BCUT2D eigenvalue weighted by molar-refractivity contribution is 14.1. The van der Waals surface area contributed by atoms with Crippen molar-refractivity contribution in [2.24, 2.45) is 0 Å². The largest absolute Gasteiger partial charge is 0.447 e. The standard InChI is InChI=1S/C15H18INO3/c16-13-8-6-12(7-9-13)4-2-1-3-5-14(18)17-10-11-20-15(17)19/h6-9H,1-5,10-11H2. The minimum atomic E-state index is -0.492. The lowest BCUT2D eigenvalue weighted by Gasteiger charge is -2.10. The molecule has 1 fully saturated rings. The van der Waals surface area contributed by atoms with Crippen LogP contribution in [0.1, 0.15) is 31.2 Å². The smallest absolute Gasteiger partial charge is 0.416 e. The maximum absolute atomic E-state index is 11.8. The zero-order chi connectivity index (χ0) is 14.4. The second-order valence-electron chi connectivity index (χ2n) is 4.85. The molecule has 0 bridgehead atoms. The zero-order valence-corrected chi connectivity index (χ0v) is 13.5. The molecule has 1 saturated heterocycles. The van der Waals surface area contributed by atoms with Crippen LogP contribution in [0.25, 0.3) is 0 Å². The molecule has 1 aliphatic heterocycles. The molecule has 4 nitrogen and oxygen atoms in total. The third-order valence-corrected chi connectivity index (χ3v) is 4.05. The molecule has 20 heavy (non-hydrogen) atoms. The van der Waals surface area contributed by atoms with Gasteiger partial charge < -0.3 is 4.74 Å². The number of hydrogen-bond acceptors (Lipinski definition) is 3. The van der Waals surface area contributed by atoms with Gasteiger partial charge in [-0.3, -0.25) is 4.79 Å². The van der Waals surface area contributed by atoms with Gasteiger partial charge in [0.2, 0.25) is 5.91 Å². The number of amides is 2. The SMILES string of the molecule is O=C(CCCCCc1ccc(I)cc1)N1CCOC1=O. The van der Waals surface area contributed by atoms with Crippen molar-refractivity contribution in [3.63, 3.8) is 0 Å². The van der Waals surface area contributed by atoms with Gasteiger partial charge in [0.15, 0.2) is 0 Å². The molecule has 0 aliphatic carbocycles. The molecular formula is C15H18INO3. The van der Waals surface area contributed by atoms with Crippen LogP contribution in [0.4, 0.5) is 4.79 Å². The van der Waals surface area contributed by atoms with Crippen molar-refractivity contribution in [1.82, 2.24) is 4.90 Å². The van der Waals surface area contributed by atoms with E-state index in [1.807, 2.05) is 0 Å². The molecule has 0 N–H and O–H groups in total. The monoisotopic (exact) mass is 387 g/mol. The van der Waals surface area contributed by atoms with Crippen LogP contribution < -0.4 is 0 Å². The van der Waals surface area contributed by atoms with E-state index in [9.17, 15) is 9.59 Å². The third kappa shape index (κ3) is 4.47. The number of carbonyl (C=O) groups excluding carboxylic acids is 2. The number of rotatable bonds is 6. The number of unbranched alkanes of at least 4 members (excludes halogenated alkanes) is 2. The number of cyclic esters (lactones) is 1. The Balaban J connectivity index is 1.60. The van der Waals surface area contributed by atoms with Crippen LogP contribution in [-0.2, 0) is 16.0 Å². The summed E-state index contributed by atoms with van der Waals surface area (Å²) in [4.78, 5) is 24.2. The van der Waals surface area contributed by atoms with Gasteiger partial charge in [-0.2, -0.15) is 0 Å². The topological polar surface area (TPSA) is 46.6 Å². The average molecular weight is 387 g/mol. The van der Waals surface area contributed by atoms with E-state index in [4.69, 9.17) is 4.74 Å². The first-order valence-electron chi connectivity index (χ1n) is 6.88. The first-order chi connectivity index (χ1) is 9.66. The highest BCUT2D eigenvalue weighted by atomic mass is 127. The zero-order valence-electron chi connectivity index (χ0n) is 11.3. The van der Waals surface area contributed by atoms with E-state index >= 15 is 0 Å². The van der Waals surface area contributed by atoms with Crippen LogP contribution in [-0.4, -0.2) is 30.1 Å². The molecule has 1 aromatic rings. The summed E-state index contributed by atoms with van der Waals surface area (Å²) in [5.74, 6) is -0.109. The molecule has 0 aromatic heterocycles. The van der Waals surface area contributed by atoms with Gasteiger partial charge in [0.25, 0.3) is 0 Å². The van der Waals surface area contributed by atoms with Gasteiger partial charge in [0.05, 0.1) is 6.54 Å². The van der Waals surface area contributed by atoms with Gasteiger partial charge in [-0.25, -0.2) is 9.69 Å². The normalized spacial score (nSPS) is 14.4. The third-order valence-electron chi connectivity index (χ3n) is 3.33. The number of imide groups is 1. The van der Waals surface area contributed by atoms with Gasteiger partial charge >= 0.3 is 6.09 Å². The summed E-state index contributed by atoms with van der Waals surface area (Å²) in [5.41, 5.74) is 1.33. The summed E-state index contributed by atoms with van der Waals surface area (Å²) < 4.78 is 5.99. The Morgan fingerprint density at radius 1 is 1.20 bits per heavy atom. The van der Waals surface area contributed by atoms with Crippen LogP contribution in [0, 0.1) is 3.57 Å². The van der Waals surface area contributed by atoms with Gasteiger partial charge in [-0.15, -0.1) is 0 Å². The van der Waals surface area contributed by atoms with Crippen LogP contribution in [0.2, 0.25) is 0 Å². The van der Waals surface area contributed by atoms with E-state index in [0.29, 0.717) is 19.6 Å². The van der Waals surface area contributed by atoms with Gasteiger partial charge in [-0.1, -0.05) is 18.6 Å². The fourth-order valence-electron chi connectivity index (χ4n) is 2.19. The predicted octanol–water partition coefficient (Wildman–Crippen LogP) is 3.37. The molecule has 108 valence electrons. The summed E-state index contributed by atoms with van der Waals surface area (Å²) in [7, 11) is 0. The first-order valence-corrected chi connectivity index (χ1v) is 7.96. The molecule has 0 unspecified atom stereocenters. The summed E-state index contributed by atoms with van der Waals surface area (Å²) >= 11 is 2.29. The number of nitrogens with zero attached hydrogens (tertiary/aromatic N) is 1. The van der Waals surface area contributed by atoms with E-state index in [2.05, 4.69) is 46.9 Å². The molecule has 0 saturated carbocycles. The number of ether oxygens (including phenoxy) is 1. The molecule has 1 aliphatic rings. The number of halogens is 1. The van der Waals surface area contributed by atoms with Gasteiger partial charge in [-0.05, 0) is 59.5 Å². The lowest BCUT2D eigenvalue weighted by Crippen LogP contribution is -2.31. The second-order valence-corrected chi connectivity index (χ2v) is 6.09. The molecule has 1 aromatic carbocycles. The Morgan fingerprint density at radius 2 is 1.95 bits per heavy atom. The Hall–Kier alpha value is -1.11. The summed E-state index contributed by atoms with van der Waals surface area (Å²) in [6, 6.07) is 8.51. The molecule has 1 heterocycles. The van der Waals surface area contributed by atoms with Crippen molar-refractivity contribution < 1.29 is 14.3 Å². The molecule has 5 heteroatoms. The Bertz CT molecular complexity index is 473. The van der Waals surface area contributed by atoms with E-state index in [1.165, 1.54) is 14.0 Å². The highest BCUT2D eigenvalue weighted by Gasteiger charge is 2.27. The fraction of sp³-hybridized carbons (Fsp3) is 0.467. The number of aryl methyl sites for hydroxylation is 1. The molecule has 0 spiro atoms. The molecular weight excluding hydrogens is 369 g/mol. The van der Waals surface area contributed by atoms with E-state index < -0.39 is 6.09 Å². The fourth-order valence-corrected chi connectivity index (χ4v) is 2.55. The summed E-state index contributed by atoms with van der Waals surface area (Å²) in [6.07, 6.45) is 3.87. The quantitative estimate of drug-likeness (QED) is 0.556. The molecule has 0 radical (unpaired) electrons. The maximum Gasteiger partial charge on any atom is 0.416 e. The van der Waals surface area contributed by atoms with Crippen molar-refractivity contribution in [3.05, 3.63) is 33.4 Å². The van der Waals surface area contributed by atoms with Crippen molar-refractivity contribution in [1.29, 1.82) is 0 Å². The minimum absolute atomic E-state index is 0.109. The van der Waals surface area contributed by atoms with Gasteiger partial charge in [0, 0.05) is 9.99 Å². The highest BCUT2D eigenvalue weighted by Crippen LogP contribution is 2.12. The Morgan fingerprint density at radius 3 is 2.60 bits per heavy atom. The molecule has 2 amide bonds. The van der Waals surface area contributed by atoms with E-state index in [0.717, 1.165) is 25.7 Å². The van der Waals surface area contributed by atoms with E-state index in [-0.39, 0.29) is 5.91 Å². The Labute approximate surface area is 132 Å². The van der Waals surface area contributed by atoms with Crippen molar-refractivity contribution in [2.45, 2.75) is 32.1 Å². The average Bonchev–Trinajstić information content (AvgIpc) is 2.86.